The molecular formula is C31H58O12P2. The summed E-state index contributed by atoms with van der Waals surface area (Å²) >= 11 is 0. The molecule has 0 rings (SSSR count). The first-order valence-electron chi connectivity index (χ1n) is 16.2. The number of carboxylic acid groups (broad SMARTS) is 4. The molecule has 0 heterocycles. The quantitative estimate of drug-likeness (QED) is 0.0473. The van der Waals surface area contributed by atoms with Crippen LogP contribution in [0.5, 0.6) is 0 Å². The molecule has 0 amide bonds. The van der Waals surface area contributed by atoms with E-state index in [4.69, 9.17) is 20.4 Å². The van der Waals surface area contributed by atoms with E-state index >= 15 is 0 Å². The first-order chi connectivity index (χ1) is 21.4. The molecule has 0 bridgehead atoms. The molecule has 8 N–H and O–H groups in total. The number of aliphatic hydroxyl groups is 4. The SMILES string of the molecule is O=C(O)CC(CO)CCCP(CCCC(CO)CC(=O)O)CCCP(CCCC(CO)CC(=O)O)CCCC(CO)CC(=O)O. The van der Waals surface area contributed by atoms with Gasteiger partial charge in [-0.05, 0) is 118 Å². The molecular weight excluding hydrogens is 626 g/mol. The number of rotatable bonds is 32. The summed E-state index contributed by atoms with van der Waals surface area (Å²) in [5, 5.41) is 74.6. The molecule has 45 heavy (non-hydrogen) atoms. The summed E-state index contributed by atoms with van der Waals surface area (Å²) in [6.07, 6.45) is 12.1. The van der Waals surface area contributed by atoms with Crippen molar-refractivity contribution in [1.29, 1.82) is 0 Å². The Balaban J connectivity index is 5.25. The molecule has 14 heteroatoms. The fraction of sp³-hybridized carbons (Fsp3) is 0.871. The van der Waals surface area contributed by atoms with Crippen LogP contribution in [0.2, 0.25) is 0 Å². The van der Waals surface area contributed by atoms with Crippen molar-refractivity contribution in [3.05, 3.63) is 0 Å². The van der Waals surface area contributed by atoms with Crippen LogP contribution in [0.15, 0.2) is 0 Å². The maximum atomic E-state index is 11.1. The number of aliphatic hydroxyl groups excluding tert-OH is 4. The highest BCUT2D eigenvalue weighted by Crippen LogP contribution is 2.44. The van der Waals surface area contributed by atoms with Gasteiger partial charge in [0.05, 0.1) is 25.7 Å². The van der Waals surface area contributed by atoms with Gasteiger partial charge in [0.2, 0.25) is 0 Å². The zero-order chi connectivity index (χ0) is 34.0. The number of hydrogen-bond donors (Lipinski definition) is 8. The fourth-order valence-corrected chi connectivity index (χ4v) is 10.9. The fourth-order valence-electron chi connectivity index (χ4n) is 5.62. The van der Waals surface area contributed by atoms with Crippen molar-refractivity contribution in [2.24, 2.45) is 23.7 Å². The summed E-state index contributed by atoms with van der Waals surface area (Å²) in [7, 11) is -0.839. The highest BCUT2D eigenvalue weighted by atomic mass is 31.1. The number of hydrogen-bond acceptors (Lipinski definition) is 8. The molecule has 0 radical (unpaired) electrons. The Hall–Kier alpha value is -1.42. The average Bonchev–Trinajstić information content (AvgIpc) is 2.97. The van der Waals surface area contributed by atoms with Crippen molar-refractivity contribution >= 4 is 39.7 Å². The van der Waals surface area contributed by atoms with Crippen molar-refractivity contribution in [2.45, 2.75) is 83.5 Å². The van der Waals surface area contributed by atoms with Gasteiger partial charge < -0.3 is 40.9 Å². The molecule has 0 aromatic rings. The van der Waals surface area contributed by atoms with E-state index in [9.17, 15) is 39.6 Å². The number of aliphatic carboxylic acids is 4. The third-order valence-corrected chi connectivity index (χ3v) is 13.9. The lowest BCUT2D eigenvalue weighted by Gasteiger charge is -2.23. The molecule has 0 aromatic heterocycles. The maximum Gasteiger partial charge on any atom is 0.303 e. The van der Waals surface area contributed by atoms with Gasteiger partial charge in [0.15, 0.2) is 0 Å². The highest BCUT2D eigenvalue weighted by molar-refractivity contribution is 7.58. The predicted molar refractivity (Wildman–Crippen MR) is 176 cm³/mol. The van der Waals surface area contributed by atoms with Crippen LogP contribution in [0.1, 0.15) is 83.5 Å². The van der Waals surface area contributed by atoms with E-state index < -0.39 is 39.7 Å². The van der Waals surface area contributed by atoms with E-state index in [2.05, 4.69) is 0 Å². The van der Waals surface area contributed by atoms with Gasteiger partial charge in [-0.15, -0.1) is 15.8 Å². The lowest BCUT2D eigenvalue weighted by atomic mass is 10.0. The van der Waals surface area contributed by atoms with Crippen LogP contribution in [0.4, 0.5) is 0 Å². The molecule has 4 atom stereocenters. The van der Waals surface area contributed by atoms with E-state index in [1.807, 2.05) is 0 Å². The molecule has 12 nitrogen and oxygen atoms in total. The Kier molecular flexibility index (Phi) is 26.8. The minimum Gasteiger partial charge on any atom is -0.481 e. The maximum absolute atomic E-state index is 11.1. The summed E-state index contributed by atoms with van der Waals surface area (Å²) in [5.74, 6) is -4.86. The molecule has 0 spiro atoms. The Morgan fingerprint density at radius 2 is 0.578 bits per heavy atom. The summed E-state index contributed by atoms with van der Waals surface area (Å²) in [5.41, 5.74) is 0. The Labute approximate surface area is 270 Å². The molecule has 0 aliphatic carbocycles. The largest absolute Gasteiger partial charge is 0.481 e. The second-order valence-corrected chi connectivity index (χ2v) is 17.6. The number of carboxylic acids is 4. The Morgan fingerprint density at radius 3 is 0.756 bits per heavy atom. The average molecular weight is 685 g/mol. The van der Waals surface area contributed by atoms with Crippen LogP contribution in [-0.2, 0) is 19.2 Å². The normalized spacial score (nSPS) is 15.6. The monoisotopic (exact) mass is 684 g/mol. The molecule has 0 aromatic carbocycles. The molecule has 0 fully saturated rings. The zero-order valence-corrected chi connectivity index (χ0v) is 28.5. The second-order valence-electron chi connectivity index (χ2n) is 12.2. The summed E-state index contributed by atoms with van der Waals surface area (Å²) in [6, 6.07) is 0. The zero-order valence-electron chi connectivity index (χ0n) is 26.7. The predicted octanol–water partition coefficient (Wildman–Crippen LogP) is 3.79. The van der Waals surface area contributed by atoms with Crippen LogP contribution < -0.4 is 0 Å². The van der Waals surface area contributed by atoms with Gasteiger partial charge in [-0.2, -0.15) is 0 Å². The first-order valence-corrected chi connectivity index (χ1v) is 20.0. The van der Waals surface area contributed by atoms with E-state index in [1.165, 1.54) is 0 Å². The van der Waals surface area contributed by atoms with E-state index in [0.29, 0.717) is 25.7 Å². The third kappa shape index (κ3) is 25.4. The van der Waals surface area contributed by atoms with Crippen molar-refractivity contribution in [3.8, 4) is 0 Å². The molecule has 4 unspecified atom stereocenters. The Morgan fingerprint density at radius 1 is 0.378 bits per heavy atom. The van der Waals surface area contributed by atoms with Gasteiger partial charge in [-0.1, -0.05) is 0 Å². The molecule has 0 saturated heterocycles. The summed E-state index contributed by atoms with van der Waals surface area (Å²) in [6.45, 7) is -0.686. The summed E-state index contributed by atoms with van der Waals surface area (Å²) in [4.78, 5) is 44.4. The first kappa shape index (κ1) is 43.6. The van der Waals surface area contributed by atoms with Crippen molar-refractivity contribution in [2.75, 3.05) is 63.4 Å². The minimum absolute atomic E-state index is 0.0701. The van der Waals surface area contributed by atoms with Gasteiger partial charge in [-0.3, -0.25) is 19.2 Å². The van der Waals surface area contributed by atoms with Crippen LogP contribution in [0.25, 0.3) is 0 Å². The van der Waals surface area contributed by atoms with Crippen molar-refractivity contribution in [1.82, 2.24) is 0 Å². The van der Waals surface area contributed by atoms with E-state index in [-0.39, 0.29) is 75.8 Å². The smallest absolute Gasteiger partial charge is 0.303 e. The Bertz CT molecular complexity index is 691. The minimum atomic E-state index is -0.931. The lowest BCUT2D eigenvalue weighted by Crippen LogP contribution is -2.14. The van der Waals surface area contributed by atoms with Crippen molar-refractivity contribution < 1.29 is 60.0 Å². The molecule has 0 saturated carbocycles. The van der Waals surface area contributed by atoms with Gasteiger partial charge >= 0.3 is 23.9 Å². The van der Waals surface area contributed by atoms with Crippen molar-refractivity contribution in [3.63, 3.8) is 0 Å². The van der Waals surface area contributed by atoms with Crippen LogP contribution in [0.3, 0.4) is 0 Å². The van der Waals surface area contributed by atoms with Crippen LogP contribution in [0, 0.1) is 23.7 Å². The lowest BCUT2D eigenvalue weighted by molar-refractivity contribution is -0.139. The van der Waals surface area contributed by atoms with E-state index in [1.54, 1.807) is 0 Å². The topological polar surface area (TPSA) is 230 Å². The standard InChI is InChI=1S/C31H58O12P2/c32-20-24(16-28(36)37)6-1-10-44(11-2-7-25(21-33)17-29(38)39)14-5-15-45(12-3-8-26(22-34)18-30(40)41)13-4-9-27(23-35)19-31(42)43/h24-27,32-35H,1-23H2,(H,36,37)(H,38,39)(H,40,41)(H,42,43). The second kappa shape index (κ2) is 27.7. The highest BCUT2D eigenvalue weighted by Gasteiger charge is 2.19. The van der Waals surface area contributed by atoms with Crippen LogP contribution in [-0.4, -0.2) is 128 Å². The summed E-state index contributed by atoms with van der Waals surface area (Å²) < 4.78 is 0. The molecule has 0 aliphatic rings. The number of carbonyl (C=O) groups is 4. The van der Waals surface area contributed by atoms with Gasteiger partial charge in [0.1, 0.15) is 0 Å². The molecule has 264 valence electrons. The van der Waals surface area contributed by atoms with Gasteiger partial charge in [0.25, 0.3) is 0 Å². The van der Waals surface area contributed by atoms with Gasteiger partial charge in [-0.25, -0.2) is 0 Å². The van der Waals surface area contributed by atoms with E-state index in [0.717, 1.165) is 69.1 Å². The van der Waals surface area contributed by atoms with Crippen LogP contribution >= 0.6 is 15.8 Å². The third-order valence-electron chi connectivity index (χ3n) is 8.18. The molecule has 0 aliphatic heterocycles. The van der Waals surface area contributed by atoms with Gasteiger partial charge in [0, 0.05) is 26.4 Å².